The van der Waals surface area contributed by atoms with Crippen LogP contribution in [0, 0.1) is 6.92 Å². The van der Waals surface area contributed by atoms with Gasteiger partial charge in [-0.3, -0.25) is 0 Å². The molecule has 2 aromatic rings. The molecule has 3 rings (SSSR count). The number of nitrogens with zero attached hydrogens (tertiary/aromatic N) is 2. The zero-order valence-electron chi connectivity index (χ0n) is 12.3. The summed E-state index contributed by atoms with van der Waals surface area (Å²) in [5.41, 5.74) is 9.00. The molecule has 1 aliphatic rings. The topological polar surface area (TPSA) is 70.1 Å². The molecule has 5 nitrogen and oxygen atoms in total. The van der Waals surface area contributed by atoms with Gasteiger partial charge in [-0.2, -0.15) is 0 Å². The minimum atomic E-state index is -0.455. The van der Waals surface area contributed by atoms with Crippen molar-refractivity contribution in [1.82, 2.24) is 9.55 Å². The predicted octanol–water partition coefficient (Wildman–Crippen LogP) is 2.49. The third-order valence-electron chi connectivity index (χ3n) is 4.01. The first kappa shape index (κ1) is 13.7. The van der Waals surface area contributed by atoms with Crippen LogP contribution < -0.4 is 5.73 Å². The fourth-order valence-electron chi connectivity index (χ4n) is 3.11. The van der Waals surface area contributed by atoms with Gasteiger partial charge in [0.15, 0.2) is 5.69 Å². The van der Waals surface area contributed by atoms with Crippen molar-refractivity contribution >= 4 is 11.8 Å². The maximum Gasteiger partial charge on any atom is 0.360 e. The molecule has 0 spiro atoms. The molecule has 0 bridgehead atoms. The summed E-state index contributed by atoms with van der Waals surface area (Å²) in [7, 11) is 0. The molecule has 1 unspecified atom stereocenters. The van der Waals surface area contributed by atoms with E-state index in [1.165, 1.54) is 11.1 Å². The highest BCUT2D eigenvalue weighted by atomic mass is 16.5. The van der Waals surface area contributed by atoms with Gasteiger partial charge in [-0.25, -0.2) is 9.78 Å². The number of ether oxygens (including phenoxy) is 1. The summed E-state index contributed by atoms with van der Waals surface area (Å²) in [6.07, 6.45) is 2.00. The molecule has 1 aromatic heterocycles. The average molecular weight is 285 g/mol. The van der Waals surface area contributed by atoms with Crippen LogP contribution in [0.25, 0.3) is 0 Å². The third-order valence-corrected chi connectivity index (χ3v) is 4.01. The van der Waals surface area contributed by atoms with E-state index >= 15 is 0 Å². The van der Waals surface area contributed by atoms with Gasteiger partial charge < -0.3 is 15.0 Å². The summed E-state index contributed by atoms with van der Waals surface area (Å²) >= 11 is 0. The number of benzene rings is 1. The largest absolute Gasteiger partial charge is 0.461 e. The van der Waals surface area contributed by atoms with Crippen LogP contribution in [0.15, 0.2) is 24.3 Å². The number of anilines is 1. The van der Waals surface area contributed by atoms with Crippen molar-refractivity contribution in [3.8, 4) is 0 Å². The summed E-state index contributed by atoms with van der Waals surface area (Å²) in [4.78, 5) is 16.2. The number of fused-ring (bicyclic) bond motifs is 1. The van der Waals surface area contributed by atoms with Gasteiger partial charge in [0.25, 0.3) is 0 Å². The minimum absolute atomic E-state index is 0.150. The number of nitrogen functional groups attached to an aromatic ring is 1. The number of esters is 1. The van der Waals surface area contributed by atoms with Gasteiger partial charge >= 0.3 is 5.97 Å². The Balaban J connectivity index is 2.03. The lowest BCUT2D eigenvalue weighted by Crippen LogP contribution is -2.14. The van der Waals surface area contributed by atoms with Crippen molar-refractivity contribution in [2.45, 2.75) is 32.7 Å². The van der Waals surface area contributed by atoms with Crippen molar-refractivity contribution in [1.29, 1.82) is 0 Å². The second-order valence-corrected chi connectivity index (χ2v) is 5.24. The van der Waals surface area contributed by atoms with E-state index in [0.29, 0.717) is 12.4 Å². The van der Waals surface area contributed by atoms with Gasteiger partial charge in [0.1, 0.15) is 11.6 Å². The van der Waals surface area contributed by atoms with E-state index in [2.05, 4.69) is 23.2 Å². The van der Waals surface area contributed by atoms with E-state index in [1.54, 1.807) is 6.92 Å². The lowest BCUT2D eigenvalue weighted by molar-refractivity contribution is 0.0521. The van der Waals surface area contributed by atoms with E-state index in [9.17, 15) is 4.79 Å². The van der Waals surface area contributed by atoms with E-state index in [0.717, 1.165) is 18.7 Å². The molecule has 0 radical (unpaired) electrons. The van der Waals surface area contributed by atoms with Crippen LogP contribution in [0.1, 0.15) is 46.8 Å². The third kappa shape index (κ3) is 2.18. The SMILES string of the molecule is CCOC(=O)c1nc(C)n(C2CCc3ccccc32)c1N. The molecule has 1 aromatic carbocycles. The Labute approximate surface area is 123 Å². The van der Waals surface area contributed by atoms with Crippen LogP contribution >= 0.6 is 0 Å². The van der Waals surface area contributed by atoms with Crippen molar-refractivity contribution in [3.63, 3.8) is 0 Å². The number of carbonyl (C=O) groups excluding carboxylic acids is 1. The molecule has 1 heterocycles. The van der Waals surface area contributed by atoms with E-state index in [-0.39, 0.29) is 11.7 Å². The molecule has 0 aliphatic heterocycles. The van der Waals surface area contributed by atoms with Crippen LogP contribution in [0.2, 0.25) is 0 Å². The second kappa shape index (κ2) is 5.24. The molecule has 5 heteroatoms. The molecular formula is C16H19N3O2. The summed E-state index contributed by atoms with van der Waals surface area (Å²) < 4.78 is 6.97. The van der Waals surface area contributed by atoms with Gasteiger partial charge in [-0.1, -0.05) is 24.3 Å². The average Bonchev–Trinajstić information content (AvgIpc) is 3.00. The molecule has 0 fully saturated rings. The molecule has 1 atom stereocenters. The Bertz CT molecular complexity index is 691. The fraction of sp³-hybridized carbons (Fsp3) is 0.375. The molecule has 0 saturated heterocycles. The normalized spacial score (nSPS) is 16.8. The van der Waals surface area contributed by atoms with Gasteiger partial charge in [-0.15, -0.1) is 0 Å². The van der Waals surface area contributed by atoms with Gasteiger partial charge in [0.2, 0.25) is 0 Å². The van der Waals surface area contributed by atoms with Crippen molar-refractivity contribution < 1.29 is 9.53 Å². The highest BCUT2D eigenvalue weighted by Gasteiger charge is 2.29. The zero-order chi connectivity index (χ0) is 15.0. The van der Waals surface area contributed by atoms with E-state index in [4.69, 9.17) is 10.5 Å². The Morgan fingerprint density at radius 2 is 2.24 bits per heavy atom. The molecule has 0 amide bonds. The second-order valence-electron chi connectivity index (χ2n) is 5.24. The predicted molar refractivity (Wildman–Crippen MR) is 80.2 cm³/mol. The Morgan fingerprint density at radius 3 is 3.00 bits per heavy atom. The fourth-order valence-corrected chi connectivity index (χ4v) is 3.11. The Hall–Kier alpha value is -2.30. The van der Waals surface area contributed by atoms with Crippen LogP contribution in [0.3, 0.4) is 0 Å². The van der Waals surface area contributed by atoms with Crippen molar-refractivity contribution in [2.24, 2.45) is 0 Å². The van der Waals surface area contributed by atoms with Gasteiger partial charge in [-0.05, 0) is 37.8 Å². The molecule has 2 N–H and O–H groups in total. The van der Waals surface area contributed by atoms with Crippen LogP contribution in [0.5, 0.6) is 0 Å². The first-order valence-electron chi connectivity index (χ1n) is 7.22. The first-order chi connectivity index (χ1) is 10.1. The molecule has 1 aliphatic carbocycles. The van der Waals surface area contributed by atoms with Crippen molar-refractivity contribution in [2.75, 3.05) is 12.3 Å². The van der Waals surface area contributed by atoms with Gasteiger partial charge in [0.05, 0.1) is 12.6 Å². The summed E-state index contributed by atoms with van der Waals surface area (Å²) in [5, 5.41) is 0. The maximum atomic E-state index is 11.9. The molecule has 21 heavy (non-hydrogen) atoms. The van der Waals surface area contributed by atoms with E-state index in [1.807, 2.05) is 17.6 Å². The highest BCUT2D eigenvalue weighted by Crippen LogP contribution is 2.37. The van der Waals surface area contributed by atoms with Crippen LogP contribution in [0.4, 0.5) is 5.82 Å². The molecule has 110 valence electrons. The van der Waals surface area contributed by atoms with Crippen molar-refractivity contribution in [3.05, 3.63) is 46.9 Å². The lowest BCUT2D eigenvalue weighted by Gasteiger charge is -2.17. The Morgan fingerprint density at radius 1 is 1.48 bits per heavy atom. The zero-order valence-corrected chi connectivity index (χ0v) is 12.3. The smallest absolute Gasteiger partial charge is 0.360 e. The van der Waals surface area contributed by atoms with E-state index < -0.39 is 5.97 Å². The maximum absolute atomic E-state index is 11.9. The number of imidazole rings is 1. The first-order valence-corrected chi connectivity index (χ1v) is 7.22. The number of hydrogen-bond acceptors (Lipinski definition) is 4. The number of aromatic nitrogens is 2. The van der Waals surface area contributed by atoms with Crippen LogP contribution in [-0.4, -0.2) is 22.1 Å². The number of nitrogens with two attached hydrogens (primary N) is 1. The minimum Gasteiger partial charge on any atom is -0.461 e. The number of hydrogen-bond donors (Lipinski definition) is 1. The number of carbonyl (C=O) groups is 1. The van der Waals surface area contributed by atoms with Crippen LogP contribution in [-0.2, 0) is 11.2 Å². The summed E-state index contributed by atoms with van der Waals surface area (Å²) in [6.45, 7) is 3.96. The summed E-state index contributed by atoms with van der Waals surface area (Å²) in [5.74, 6) is 0.688. The number of rotatable bonds is 3. The molecular weight excluding hydrogens is 266 g/mol. The summed E-state index contributed by atoms with van der Waals surface area (Å²) in [6, 6.07) is 8.50. The quantitative estimate of drug-likeness (QED) is 0.880. The lowest BCUT2D eigenvalue weighted by atomic mass is 10.1. The molecule has 0 saturated carbocycles. The highest BCUT2D eigenvalue weighted by molar-refractivity contribution is 5.92. The monoisotopic (exact) mass is 285 g/mol. The standard InChI is InChI=1S/C16H19N3O2/c1-3-21-16(20)14-15(17)19(10(2)18-14)13-9-8-11-6-4-5-7-12(11)13/h4-7,13H,3,8-9,17H2,1-2H3. The Kier molecular flexibility index (Phi) is 3.41. The van der Waals surface area contributed by atoms with Gasteiger partial charge in [0, 0.05) is 0 Å². The number of aryl methyl sites for hydroxylation is 2.